The number of aromatic nitrogens is 3. The molecule has 47 heavy (non-hydrogen) atoms. The maximum Gasteiger partial charge on any atom is 0.416 e. The van der Waals surface area contributed by atoms with Crippen molar-refractivity contribution in [2.75, 3.05) is 26.3 Å². The summed E-state index contributed by atoms with van der Waals surface area (Å²) in [7, 11) is -3.19. The highest BCUT2D eigenvalue weighted by Crippen LogP contribution is 2.45. The molecule has 1 aliphatic heterocycles. The van der Waals surface area contributed by atoms with Gasteiger partial charge in [0.1, 0.15) is 18.6 Å². The summed E-state index contributed by atoms with van der Waals surface area (Å²) in [6.45, 7) is 12.0. The highest BCUT2D eigenvalue weighted by atomic mass is 32.2. The molecule has 2 N–H and O–H groups in total. The smallest absolute Gasteiger partial charge is 0.364 e. The summed E-state index contributed by atoms with van der Waals surface area (Å²) in [5.74, 6) is -2.98. The van der Waals surface area contributed by atoms with Crippen molar-refractivity contribution in [1.82, 2.24) is 29.5 Å². The number of ether oxygens (including phenoxy) is 2. The summed E-state index contributed by atoms with van der Waals surface area (Å²) in [6.07, 6.45) is -3.20. The Hall–Kier alpha value is -2.21. The van der Waals surface area contributed by atoms with Gasteiger partial charge in [0.25, 0.3) is 5.92 Å². The first-order chi connectivity index (χ1) is 21.5. The van der Waals surface area contributed by atoms with Gasteiger partial charge in [-0.05, 0) is 71.6 Å². The number of hydrogen-bond acceptors (Lipinski definition) is 6. The van der Waals surface area contributed by atoms with Gasteiger partial charge in [-0.1, -0.05) is 19.6 Å². The molecule has 266 valence electrons. The van der Waals surface area contributed by atoms with E-state index in [1.165, 1.54) is 0 Å². The van der Waals surface area contributed by atoms with Crippen LogP contribution in [-0.4, -0.2) is 86.5 Å². The standard InChI is InChI=1S/C30H47F5N6O4SSi/c1-27(2,3)46(43)39-21(15-45-28(4,5)30(33,34)35)25-38-24-22(41(25)18-44-13-14-47(6,7)8)12-11-20(37-24)23(19-9-10-19)40-17-29(31,32)16-36-26(40)42/h11-12,19,21,23,39H,9-10,13-18H2,1-8H3,(H,36,42)/t21-,23+,46+/m0/s1. The number of carbonyl (C=O) groups excluding carboxylic acids is 1. The van der Waals surface area contributed by atoms with Crippen LogP contribution in [0.5, 0.6) is 0 Å². The van der Waals surface area contributed by atoms with Crippen molar-refractivity contribution in [2.24, 2.45) is 5.92 Å². The molecule has 2 fully saturated rings. The average molecular weight is 711 g/mol. The fraction of sp³-hybridized carbons (Fsp3) is 0.767. The van der Waals surface area contributed by atoms with Gasteiger partial charge in [0.15, 0.2) is 11.2 Å². The maximum atomic E-state index is 14.4. The first kappa shape index (κ1) is 37.6. The molecule has 4 rings (SSSR count). The van der Waals surface area contributed by atoms with Gasteiger partial charge in [-0.25, -0.2) is 32.5 Å². The molecule has 0 aromatic carbocycles. The molecular formula is C30H47F5N6O4SSi. The van der Waals surface area contributed by atoms with Crippen LogP contribution >= 0.6 is 0 Å². The molecule has 10 nitrogen and oxygen atoms in total. The molecule has 0 radical (unpaired) electrons. The zero-order valence-electron chi connectivity index (χ0n) is 28.3. The lowest BCUT2D eigenvalue weighted by molar-refractivity contribution is -0.265. The summed E-state index contributed by atoms with van der Waals surface area (Å²) in [5, 5.41) is 2.27. The lowest BCUT2D eigenvalue weighted by Crippen LogP contribution is -2.58. The van der Waals surface area contributed by atoms with Crippen molar-refractivity contribution in [2.45, 2.75) is 114 Å². The lowest BCUT2D eigenvalue weighted by atomic mass is 10.0. The van der Waals surface area contributed by atoms with Crippen LogP contribution in [0.2, 0.25) is 25.7 Å². The number of urea groups is 1. The second-order valence-electron chi connectivity index (χ2n) is 15.1. The molecule has 1 aliphatic carbocycles. The van der Waals surface area contributed by atoms with Crippen LogP contribution in [0.1, 0.15) is 71.1 Å². The largest absolute Gasteiger partial charge is 0.416 e. The minimum Gasteiger partial charge on any atom is -0.364 e. The predicted octanol–water partition coefficient (Wildman–Crippen LogP) is 6.31. The third-order valence-corrected chi connectivity index (χ3v) is 11.5. The molecule has 1 saturated carbocycles. The third-order valence-electron chi connectivity index (χ3n) is 8.16. The number of amides is 2. The molecule has 0 bridgehead atoms. The first-order valence-corrected chi connectivity index (χ1v) is 20.6. The van der Waals surface area contributed by atoms with Crippen molar-refractivity contribution in [3.8, 4) is 0 Å². The fourth-order valence-electron chi connectivity index (χ4n) is 4.96. The van der Waals surface area contributed by atoms with Crippen LogP contribution in [0.3, 0.4) is 0 Å². The van der Waals surface area contributed by atoms with Gasteiger partial charge in [0, 0.05) is 14.7 Å². The van der Waals surface area contributed by atoms with Crippen LogP contribution < -0.4 is 10.0 Å². The molecule has 2 aliphatic rings. The third kappa shape index (κ3) is 9.48. The zero-order valence-corrected chi connectivity index (χ0v) is 30.1. The Balaban J connectivity index is 1.78. The maximum absolute atomic E-state index is 14.4. The second kappa shape index (κ2) is 13.6. The molecule has 2 amide bonds. The second-order valence-corrected chi connectivity index (χ2v) is 22.7. The molecule has 1 saturated heterocycles. The highest BCUT2D eigenvalue weighted by Gasteiger charge is 2.49. The number of rotatable bonds is 14. The summed E-state index contributed by atoms with van der Waals surface area (Å²) in [5.41, 5.74) is -1.48. The number of nitrogens with one attached hydrogen (secondary N) is 2. The van der Waals surface area contributed by atoms with Crippen molar-refractivity contribution in [3.63, 3.8) is 0 Å². The van der Waals surface area contributed by atoms with E-state index in [0.29, 0.717) is 17.8 Å². The fourth-order valence-corrected chi connectivity index (χ4v) is 6.50. The van der Waals surface area contributed by atoms with Crippen molar-refractivity contribution < 1.29 is 40.4 Å². The van der Waals surface area contributed by atoms with E-state index in [1.807, 2.05) is 0 Å². The van der Waals surface area contributed by atoms with Crippen molar-refractivity contribution in [3.05, 3.63) is 23.7 Å². The normalized spacial score (nSPS) is 19.9. The van der Waals surface area contributed by atoms with E-state index in [4.69, 9.17) is 19.4 Å². The lowest BCUT2D eigenvalue weighted by Gasteiger charge is -2.38. The van der Waals surface area contributed by atoms with Crippen LogP contribution in [-0.2, 0) is 27.2 Å². The van der Waals surface area contributed by atoms with E-state index in [0.717, 1.165) is 37.6 Å². The summed E-state index contributed by atoms with van der Waals surface area (Å²) >= 11 is 0. The minimum absolute atomic E-state index is 0.0207. The van der Waals surface area contributed by atoms with E-state index in [1.54, 1.807) is 37.5 Å². The molecule has 17 heteroatoms. The number of alkyl halides is 5. The summed E-state index contributed by atoms with van der Waals surface area (Å²) in [6, 6.07) is 1.82. The number of imidazole rings is 1. The molecule has 0 unspecified atom stereocenters. The Morgan fingerprint density at radius 2 is 1.79 bits per heavy atom. The molecular weight excluding hydrogens is 664 g/mol. The first-order valence-electron chi connectivity index (χ1n) is 15.7. The highest BCUT2D eigenvalue weighted by molar-refractivity contribution is 7.84. The van der Waals surface area contributed by atoms with Gasteiger partial charge in [-0.3, -0.25) is 0 Å². The molecule has 2 aromatic heterocycles. The number of fused-ring (bicyclic) bond motifs is 1. The van der Waals surface area contributed by atoms with Crippen LogP contribution in [0, 0.1) is 5.92 Å². The van der Waals surface area contributed by atoms with Crippen molar-refractivity contribution >= 4 is 36.3 Å². The van der Waals surface area contributed by atoms with Crippen LogP contribution in [0.4, 0.5) is 26.7 Å². The number of halogens is 5. The average Bonchev–Trinajstić information content (AvgIpc) is 3.69. The number of nitrogens with zero attached hydrogens (tertiary/aromatic N) is 4. The molecule has 3 heterocycles. The summed E-state index contributed by atoms with van der Waals surface area (Å²) < 4.78 is 98.7. The Labute approximate surface area is 276 Å². The van der Waals surface area contributed by atoms with Gasteiger partial charge in [-0.2, -0.15) is 13.2 Å². The van der Waals surface area contributed by atoms with E-state index < -0.39 is 79.3 Å². The van der Waals surface area contributed by atoms with Crippen molar-refractivity contribution in [1.29, 1.82) is 0 Å². The Kier molecular flexibility index (Phi) is 10.9. The van der Waals surface area contributed by atoms with E-state index >= 15 is 0 Å². The Bertz CT molecular complexity index is 1460. The quantitative estimate of drug-likeness (QED) is 0.135. The van der Waals surface area contributed by atoms with Gasteiger partial charge >= 0.3 is 12.2 Å². The van der Waals surface area contributed by atoms with E-state index in [9.17, 15) is 31.0 Å². The van der Waals surface area contributed by atoms with Crippen LogP contribution in [0.15, 0.2) is 12.1 Å². The van der Waals surface area contributed by atoms with Crippen LogP contribution in [0.25, 0.3) is 11.2 Å². The van der Waals surface area contributed by atoms with Gasteiger partial charge in [-0.15, -0.1) is 0 Å². The Morgan fingerprint density at radius 1 is 1.13 bits per heavy atom. The molecule has 0 spiro atoms. The SMILES string of the molecule is CC(C)(C)[S@@](=O)N[C@@H](COC(C)(C)C(F)(F)F)c1nc2nc([C@@H](C3CC3)N3CC(F)(F)CNC3=O)ccc2n1COCC[Si](C)(C)C. The predicted molar refractivity (Wildman–Crippen MR) is 172 cm³/mol. The number of carbonyl (C=O) groups is 1. The monoisotopic (exact) mass is 710 g/mol. The minimum atomic E-state index is -4.67. The molecule has 2 aromatic rings. The van der Waals surface area contributed by atoms with Gasteiger partial charge < -0.3 is 24.3 Å². The van der Waals surface area contributed by atoms with Gasteiger partial charge in [0.05, 0.1) is 52.7 Å². The van der Waals surface area contributed by atoms with E-state index in [-0.39, 0.29) is 24.1 Å². The topological polar surface area (TPSA) is 111 Å². The Morgan fingerprint density at radius 3 is 2.36 bits per heavy atom. The van der Waals surface area contributed by atoms with E-state index in [2.05, 4.69) is 29.7 Å². The number of pyridine rings is 1. The number of hydrogen-bond donors (Lipinski definition) is 2. The zero-order chi connectivity index (χ0) is 35.2. The summed E-state index contributed by atoms with van der Waals surface area (Å²) in [4.78, 5) is 23.3. The molecule has 3 atom stereocenters. The van der Waals surface area contributed by atoms with Gasteiger partial charge in [0.2, 0.25) is 0 Å².